The third-order valence-electron chi connectivity index (χ3n) is 2.38. The van der Waals surface area contributed by atoms with Crippen LogP contribution in [0.1, 0.15) is 20.8 Å². The molecule has 0 amide bonds. The Balaban J connectivity index is 2.67. The average Bonchev–Trinajstić information content (AvgIpc) is 2.38. The summed E-state index contributed by atoms with van der Waals surface area (Å²) in [5.74, 6) is 0. The molecule has 0 aromatic carbocycles. The minimum atomic E-state index is -2.81. The molecule has 0 atom stereocenters. The zero-order valence-corrected chi connectivity index (χ0v) is 13.4. The van der Waals surface area contributed by atoms with E-state index in [0.717, 1.165) is 0 Å². The van der Waals surface area contributed by atoms with Crippen LogP contribution in [0.5, 0.6) is 6.01 Å². The van der Waals surface area contributed by atoms with Crippen LogP contribution in [-0.2, 0) is 13.3 Å². The van der Waals surface area contributed by atoms with Gasteiger partial charge < -0.3 is 18.0 Å². The molecule has 1 heterocycles. The molecule has 2 N–H and O–H groups in total. The van der Waals surface area contributed by atoms with Crippen molar-refractivity contribution in [3.05, 3.63) is 21.0 Å². The van der Waals surface area contributed by atoms with Gasteiger partial charge in [-0.2, -0.15) is 0 Å². The maximum atomic E-state index is 11.1. The fourth-order valence-electron chi connectivity index (χ4n) is 1.72. The van der Waals surface area contributed by atoms with Crippen LogP contribution in [0, 0.1) is 0 Å². The van der Waals surface area contributed by atoms with Crippen LogP contribution >= 0.6 is 0 Å². The van der Waals surface area contributed by atoms with Gasteiger partial charge in [-0.05, 0) is 20.8 Å². The summed E-state index contributed by atoms with van der Waals surface area (Å²) in [5.41, 5.74) is -1.44. The quantitative estimate of drug-likeness (QED) is 0.578. The molecule has 0 bridgehead atoms. The third-order valence-corrected chi connectivity index (χ3v) is 5.39. The van der Waals surface area contributed by atoms with E-state index in [0.29, 0.717) is 25.9 Å². The largest absolute Gasteiger partial charge is 0.504 e. The van der Waals surface area contributed by atoms with Crippen LogP contribution in [0.3, 0.4) is 0 Å². The normalized spacial score (nSPS) is 11.6. The Morgan fingerprint density at radius 2 is 1.57 bits per heavy atom. The summed E-state index contributed by atoms with van der Waals surface area (Å²) < 4.78 is 22.2. The van der Waals surface area contributed by atoms with Gasteiger partial charge in [0.15, 0.2) is 0 Å². The number of hydrogen-bond acceptors (Lipinski definition) is 7. The van der Waals surface area contributed by atoms with Crippen molar-refractivity contribution in [2.75, 3.05) is 26.4 Å². The van der Waals surface area contributed by atoms with Crippen molar-refractivity contribution in [2.24, 2.45) is 0 Å². The molecule has 0 spiro atoms. The van der Waals surface area contributed by atoms with Crippen molar-refractivity contribution in [2.45, 2.75) is 26.8 Å². The van der Waals surface area contributed by atoms with E-state index in [2.05, 4.69) is 9.97 Å². The maximum absolute atomic E-state index is 11.1. The Labute approximate surface area is 123 Å². The minimum absolute atomic E-state index is 0.142. The molecule has 0 aliphatic carbocycles. The van der Waals surface area contributed by atoms with Crippen molar-refractivity contribution in [1.82, 2.24) is 15.0 Å². The number of aromatic amines is 2. The minimum Gasteiger partial charge on any atom is -0.465 e. The third kappa shape index (κ3) is 5.79. The fourth-order valence-corrected chi connectivity index (χ4v) is 4.07. The lowest BCUT2D eigenvalue weighted by Crippen LogP contribution is -2.47. The summed E-state index contributed by atoms with van der Waals surface area (Å²) in [4.78, 5) is 29.9. The maximum Gasteiger partial charge on any atom is 0.504 e. The highest BCUT2D eigenvalue weighted by atomic mass is 28.4. The molecular formula is C11H21N3O6Si. The molecule has 1 aromatic heterocycles. The van der Waals surface area contributed by atoms with Crippen LogP contribution in [0.25, 0.3) is 0 Å². The highest BCUT2D eigenvalue weighted by Crippen LogP contribution is 2.16. The lowest BCUT2D eigenvalue weighted by atomic mass is 10.8. The van der Waals surface area contributed by atoms with E-state index in [1.165, 1.54) is 0 Å². The van der Waals surface area contributed by atoms with Gasteiger partial charge in [0.1, 0.15) is 0 Å². The molecule has 0 fully saturated rings. The first-order valence-corrected chi connectivity index (χ1v) is 8.73. The molecule has 0 aliphatic heterocycles. The summed E-state index contributed by atoms with van der Waals surface area (Å²) >= 11 is 0. The molecule has 21 heavy (non-hydrogen) atoms. The first-order valence-electron chi connectivity index (χ1n) is 6.80. The second-order valence-corrected chi connectivity index (χ2v) is 6.61. The predicted octanol–water partition coefficient (Wildman–Crippen LogP) is -0.115. The lowest BCUT2D eigenvalue weighted by Gasteiger charge is -2.28. The molecule has 120 valence electrons. The predicted molar refractivity (Wildman–Crippen MR) is 76.4 cm³/mol. The molecule has 1 aromatic rings. The van der Waals surface area contributed by atoms with Crippen molar-refractivity contribution in [3.63, 3.8) is 0 Å². The number of rotatable bonds is 10. The summed E-state index contributed by atoms with van der Waals surface area (Å²) in [6.07, 6.45) is 0. The molecule has 0 saturated heterocycles. The molecule has 0 radical (unpaired) electrons. The Morgan fingerprint density at radius 3 is 2.05 bits per heavy atom. The highest BCUT2D eigenvalue weighted by Gasteiger charge is 2.40. The van der Waals surface area contributed by atoms with Crippen LogP contribution < -0.4 is 16.1 Å². The number of hydrogen-bond donors (Lipinski definition) is 2. The van der Waals surface area contributed by atoms with Gasteiger partial charge in [0.25, 0.3) is 0 Å². The van der Waals surface area contributed by atoms with Gasteiger partial charge in [-0.25, -0.2) is 9.59 Å². The van der Waals surface area contributed by atoms with E-state index in [1.807, 2.05) is 25.8 Å². The molecular weight excluding hydrogens is 298 g/mol. The number of aromatic nitrogens is 3. The van der Waals surface area contributed by atoms with E-state index in [-0.39, 0.29) is 12.6 Å². The Morgan fingerprint density at radius 1 is 1.00 bits per heavy atom. The van der Waals surface area contributed by atoms with Gasteiger partial charge in [0.05, 0.1) is 12.7 Å². The van der Waals surface area contributed by atoms with E-state index in [9.17, 15) is 9.59 Å². The van der Waals surface area contributed by atoms with Crippen LogP contribution in [0.2, 0.25) is 6.04 Å². The van der Waals surface area contributed by atoms with E-state index in [1.54, 1.807) is 0 Å². The zero-order valence-electron chi connectivity index (χ0n) is 12.4. The summed E-state index contributed by atoms with van der Waals surface area (Å²) in [5, 5.41) is 0. The van der Waals surface area contributed by atoms with Gasteiger partial charge in [-0.1, -0.05) is 0 Å². The van der Waals surface area contributed by atoms with E-state index in [4.69, 9.17) is 18.0 Å². The summed E-state index contributed by atoms with van der Waals surface area (Å²) in [6, 6.07) is 0.245. The monoisotopic (exact) mass is 319 g/mol. The van der Waals surface area contributed by atoms with E-state index < -0.39 is 20.2 Å². The smallest absolute Gasteiger partial charge is 0.465 e. The lowest BCUT2D eigenvalue weighted by molar-refractivity contribution is 0.0671. The first kappa shape index (κ1) is 17.6. The number of H-pyrrole nitrogens is 2. The Kier molecular flexibility index (Phi) is 7.29. The van der Waals surface area contributed by atoms with Crippen LogP contribution in [0.4, 0.5) is 0 Å². The SMILES string of the molecule is CCO[Si](CCOc1nc(=O)[nH]c(=O)[nH]1)(OCC)OCC. The standard InChI is InChI=1S/C11H21N3O6Si/c1-4-18-21(19-5-2,20-6-3)8-7-17-11-13-9(15)12-10(16)14-11/h4-8H2,1-3H3,(H2,12,13,14,15,16). The molecule has 1 rings (SSSR count). The number of nitrogens with one attached hydrogen (secondary N) is 2. The molecule has 0 saturated carbocycles. The fraction of sp³-hybridized carbons (Fsp3) is 0.727. The van der Waals surface area contributed by atoms with Crippen molar-refractivity contribution >= 4 is 8.80 Å². The second-order valence-electron chi connectivity index (χ2n) is 3.88. The molecule has 0 aliphatic rings. The van der Waals surface area contributed by atoms with Crippen LogP contribution in [0.15, 0.2) is 9.59 Å². The van der Waals surface area contributed by atoms with Gasteiger partial charge in [-0.15, -0.1) is 4.98 Å². The van der Waals surface area contributed by atoms with Gasteiger partial charge >= 0.3 is 26.2 Å². The topological polar surface area (TPSA) is 116 Å². The van der Waals surface area contributed by atoms with Gasteiger partial charge in [0.2, 0.25) is 0 Å². The average molecular weight is 319 g/mol. The summed E-state index contributed by atoms with van der Waals surface area (Å²) in [6.45, 7) is 7.12. The molecule has 10 heteroatoms. The second kappa shape index (κ2) is 8.72. The molecule has 0 unspecified atom stereocenters. The van der Waals surface area contributed by atoms with Gasteiger partial charge in [0, 0.05) is 19.8 Å². The van der Waals surface area contributed by atoms with Gasteiger partial charge in [-0.3, -0.25) is 9.97 Å². The van der Waals surface area contributed by atoms with E-state index >= 15 is 0 Å². The molecule has 9 nitrogen and oxygen atoms in total. The first-order chi connectivity index (χ1) is 10.0. The van der Waals surface area contributed by atoms with Crippen molar-refractivity contribution in [3.8, 4) is 6.01 Å². The number of nitrogens with zero attached hydrogens (tertiary/aromatic N) is 1. The van der Waals surface area contributed by atoms with Crippen molar-refractivity contribution < 1.29 is 18.0 Å². The highest BCUT2D eigenvalue weighted by molar-refractivity contribution is 6.60. The van der Waals surface area contributed by atoms with Crippen LogP contribution in [-0.4, -0.2) is 50.2 Å². The zero-order chi connectivity index (χ0) is 15.7. The summed E-state index contributed by atoms with van der Waals surface area (Å²) in [7, 11) is -2.81. The van der Waals surface area contributed by atoms with Crippen molar-refractivity contribution in [1.29, 1.82) is 0 Å². The Bertz CT molecular complexity index is 486. The number of ether oxygens (including phenoxy) is 1. The Hall–Kier alpha value is -1.49.